The normalized spacial score (nSPS) is 16.4. The van der Waals surface area contributed by atoms with Gasteiger partial charge in [-0.3, -0.25) is 4.57 Å². The molecule has 1 aliphatic carbocycles. The molecule has 2 heterocycles. The number of hydrogen-bond acceptors (Lipinski definition) is 1. The summed E-state index contributed by atoms with van der Waals surface area (Å²) in [6.07, 6.45) is 11.5. The van der Waals surface area contributed by atoms with E-state index in [4.69, 9.17) is 4.98 Å². The molecule has 42 heavy (non-hydrogen) atoms. The summed E-state index contributed by atoms with van der Waals surface area (Å²) in [5.74, 6) is 0. The summed E-state index contributed by atoms with van der Waals surface area (Å²) in [7, 11) is 0. The Balaban J connectivity index is 1.43. The van der Waals surface area contributed by atoms with Crippen LogP contribution in [0.3, 0.4) is 0 Å². The van der Waals surface area contributed by atoms with Crippen molar-refractivity contribution in [3.63, 3.8) is 0 Å². The quantitative estimate of drug-likeness (QED) is 0.213. The number of benzene rings is 5. The van der Waals surface area contributed by atoms with Crippen LogP contribution in [0.5, 0.6) is 0 Å². The average molecular weight is 542 g/mol. The highest BCUT2D eigenvalue weighted by atomic mass is 15.1. The molecule has 7 aromatic rings. The van der Waals surface area contributed by atoms with Crippen molar-refractivity contribution in [2.75, 3.05) is 0 Å². The van der Waals surface area contributed by atoms with E-state index in [-0.39, 0.29) is 5.41 Å². The summed E-state index contributed by atoms with van der Waals surface area (Å²) in [5.41, 5.74) is 10.3. The SMILES string of the molecule is C=C1/C=C\C=C/CC(C)(C)c2cc3ccc4c5ccccc5n(-c5ccc6c(c5)ncn6-c5ccccc5)c4c3cc21. The minimum absolute atomic E-state index is 0.0146. The standard InChI is InChI=1S/C39H31N3/c1-26-12-6-5-11-21-39(2,3)34-22-27-17-19-31-30-15-9-10-16-36(30)42(38(31)33(27)24-32(26)34)29-18-20-37-35(23-29)40-25-41(37)28-13-7-4-8-14-28/h4-20,22-25H,1,21H2,2-3H3/b11-5-,12-6-. The van der Waals surface area contributed by atoms with E-state index in [9.17, 15) is 0 Å². The summed E-state index contributed by atoms with van der Waals surface area (Å²) in [6.45, 7) is 9.16. The molecule has 0 N–H and O–H groups in total. The van der Waals surface area contributed by atoms with Crippen molar-refractivity contribution in [1.29, 1.82) is 0 Å². The molecule has 8 rings (SSSR count). The summed E-state index contributed by atoms with van der Waals surface area (Å²) >= 11 is 0. The molecule has 0 saturated carbocycles. The van der Waals surface area contributed by atoms with Crippen LogP contribution in [0.4, 0.5) is 0 Å². The van der Waals surface area contributed by atoms with E-state index >= 15 is 0 Å². The van der Waals surface area contributed by atoms with Gasteiger partial charge in [0.25, 0.3) is 0 Å². The minimum Gasteiger partial charge on any atom is -0.309 e. The first-order valence-electron chi connectivity index (χ1n) is 14.6. The van der Waals surface area contributed by atoms with Gasteiger partial charge < -0.3 is 4.57 Å². The van der Waals surface area contributed by atoms with Crippen LogP contribution >= 0.6 is 0 Å². The summed E-state index contributed by atoms with van der Waals surface area (Å²) in [6, 6.07) is 35.1. The van der Waals surface area contributed by atoms with Gasteiger partial charge in [-0.25, -0.2) is 4.98 Å². The van der Waals surface area contributed by atoms with Crippen molar-refractivity contribution in [2.45, 2.75) is 25.7 Å². The number of aromatic nitrogens is 3. The van der Waals surface area contributed by atoms with Crippen LogP contribution in [0.1, 0.15) is 31.4 Å². The highest BCUT2D eigenvalue weighted by Crippen LogP contribution is 2.42. The number of para-hydroxylation sites is 2. The Kier molecular flexibility index (Phi) is 5.39. The highest BCUT2D eigenvalue weighted by molar-refractivity contribution is 6.19. The van der Waals surface area contributed by atoms with Crippen LogP contribution in [-0.4, -0.2) is 14.1 Å². The van der Waals surface area contributed by atoms with Crippen molar-refractivity contribution in [2.24, 2.45) is 0 Å². The van der Waals surface area contributed by atoms with E-state index in [1.54, 1.807) is 0 Å². The van der Waals surface area contributed by atoms with Crippen LogP contribution in [0.15, 0.2) is 134 Å². The zero-order chi connectivity index (χ0) is 28.4. The summed E-state index contributed by atoms with van der Waals surface area (Å²) in [4.78, 5) is 4.82. The molecule has 0 amide bonds. The molecule has 0 spiro atoms. The Hall–Kier alpha value is -5.15. The molecule has 5 aromatic carbocycles. The predicted octanol–water partition coefficient (Wildman–Crippen LogP) is 10.1. The van der Waals surface area contributed by atoms with E-state index in [2.05, 4.69) is 145 Å². The van der Waals surface area contributed by atoms with Gasteiger partial charge in [0.1, 0.15) is 6.33 Å². The number of fused-ring (bicyclic) bond motifs is 7. The van der Waals surface area contributed by atoms with Crippen LogP contribution in [0.25, 0.3) is 60.6 Å². The third kappa shape index (κ3) is 3.70. The molecule has 0 radical (unpaired) electrons. The Morgan fingerprint density at radius 3 is 2.45 bits per heavy atom. The largest absolute Gasteiger partial charge is 0.309 e. The molecular formula is C39H31N3. The molecule has 2 aromatic heterocycles. The number of imidazole rings is 1. The van der Waals surface area contributed by atoms with Crippen molar-refractivity contribution < 1.29 is 0 Å². The van der Waals surface area contributed by atoms with Gasteiger partial charge in [0.2, 0.25) is 0 Å². The fourth-order valence-corrected chi connectivity index (χ4v) is 6.67. The van der Waals surface area contributed by atoms with Crippen LogP contribution in [0.2, 0.25) is 0 Å². The molecule has 0 fully saturated rings. The molecule has 3 heteroatoms. The van der Waals surface area contributed by atoms with Gasteiger partial charge in [-0.05, 0) is 82.5 Å². The van der Waals surface area contributed by atoms with Crippen molar-refractivity contribution in [3.05, 3.63) is 145 Å². The van der Waals surface area contributed by atoms with Crippen molar-refractivity contribution in [3.8, 4) is 11.4 Å². The summed E-state index contributed by atoms with van der Waals surface area (Å²) < 4.78 is 4.57. The van der Waals surface area contributed by atoms with E-state index < -0.39 is 0 Å². The lowest BCUT2D eigenvalue weighted by Gasteiger charge is -2.27. The predicted molar refractivity (Wildman–Crippen MR) is 178 cm³/mol. The second-order valence-electron chi connectivity index (χ2n) is 12.0. The first-order valence-corrected chi connectivity index (χ1v) is 14.6. The topological polar surface area (TPSA) is 22.8 Å². The van der Waals surface area contributed by atoms with E-state index in [1.807, 2.05) is 12.4 Å². The van der Waals surface area contributed by atoms with Gasteiger partial charge in [-0.2, -0.15) is 0 Å². The zero-order valence-electron chi connectivity index (χ0n) is 23.9. The monoisotopic (exact) mass is 541 g/mol. The Bertz CT molecular complexity index is 2250. The molecule has 1 aliphatic rings. The lowest BCUT2D eigenvalue weighted by Crippen LogP contribution is -2.18. The average Bonchev–Trinajstić information content (AvgIpc) is 3.60. The first kappa shape index (κ1) is 24.6. The van der Waals surface area contributed by atoms with Gasteiger partial charge in [0.15, 0.2) is 0 Å². The van der Waals surface area contributed by atoms with Crippen LogP contribution in [0, 0.1) is 0 Å². The van der Waals surface area contributed by atoms with Crippen LogP contribution < -0.4 is 0 Å². The van der Waals surface area contributed by atoms with E-state index in [0.29, 0.717) is 0 Å². The smallest absolute Gasteiger partial charge is 0.100 e. The second-order valence-corrected chi connectivity index (χ2v) is 12.0. The molecule has 0 unspecified atom stereocenters. The maximum Gasteiger partial charge on any atom is 0.100 e. The number of hydrogen-bond donors (Lipinski definition) is 0. The molecule has 0 bridgehead atoms. The molecule has 202 valence electrons. The second kappa shape index (κ2) is 9.19. The third-order valence-electron chi connectivity index (χ3n) is 8.86. The fourth-order valence-electron chi connectivity index (χ4n) is 6.67. The molecule has 0 atom stereocenters. The number of allylic oxidation sites excluding steroid dienone is 5. The number of nitrogens with zero attached hydrogens (tertiary/aromatic N) is 3. The lowest BCUT2D eigenvalue weighted by atomic mass is 9.77. The molecule has 0 aliphatic heterocycles. The Morgan fingerprint density at radius 1 is 0.738 bits per heavy atom. The Labute approximate surface area is 245 Å². The van der Waals surface area contributed by atoms with Crippen molar-refractivity contribution in [1.82, 2.24) is 14.1 Å². The van der Waals surface area contributed by atoms with Gasteiger partial charge in [-0.15, -0.1) is 0 Å². The van der Waals surface area contributed by atoms with E-state index in [0.717, 1.165) is 34.4 Å². The van der Waals surface area contributed by atoms with E-state index in [1.165, 1.54) is 43.7 Å². The third-order valence-corrected chi connectivity index (χ3v) is 8.86. The fraction of sp³-hybridized carbons (Fsp3) is 0.103. The minimum atomic E-state index is -0.0146. The van der Waals surface area contributed by atoms with Gasteiger partial charge in [0.05, 0.1) is 22.1 Å². The Morgan fingerprint density at radius 2 is 1.57 bits per heavy atom. The first-order chi connectivity index (χ1) is 20.5. The van der Waals surface area contributed by atoms with Crippen molar-refractivity contribution >= 4 is 49.2 Å². The lowest BCUT2D eigenvalue weighted by molar-refractivity contribution is 0.534. The van der Waals surface area contributed by atoms with Gasteiger partial charge >= 0.3 is 0 Å². The highest BCUT2D eigenvalue weighted by Gasteiger charge is 2.25. The number of rotatable bonds is 2. The van der Waals surface area contributed by atoms with Gasteiger partial charge in [-0.1, -0.05) is 93.3 Å². The maximum absolute atomic E-state index is 4.82. The molecule has 3 nitrogen and oxygen atoms in total. The maximum atomic E-state index is 4.82. The summed E-state index contributed by atoms with van der Waals surface area (Å²) in [5, 5.41) is 4.97. The molecule has 0 saturated heterocycles. The van der Waals surface area contributed by atoms with Crippen LogP contribution in [-0.2, 0) is 5.41 Å². The van der Waals surface area contributed by atoms with Gasteiger partial charge in [0, 0.05) is 27.5 Å². The zero-order valence-corrected chi connectivity index (χ0v) is 23.9. The molecular weight excluding hydrogens is 510 g/mol.